The van der Waals surface area contributed by atoms with Crippen molar-refractivity contribution in [3.8, 4) is 5.75 Å². The maximum atomic E-state index is 5.71. The van der Waals surface area contributed by atoms with Gasteiger partial charge in [0.1, 0.15) is 12.4 Å². The second-order valence-corrected chi connectivity index (χ2v) is 5.85. The van der Waals surface area contributed by atoms with Crippen molar-refractivity contribution in [2.24, 2.45) is 0 Å². The van der Waals surface area contributed by atoms with E-state index in [4.69, 9.17) is 17.0 Å². The third-order valence-electron chi connectivity index (χ3n) is 3.25. The van der Waals surface area contributed by atoms with Gasteiger partial charge in [-0.05, 0) is 56.8 Å². The van der Waals surface area contributed by atoms with E-state index in [1.165, 1.54) is 11.1 Å². The summed E-state index contributed by atoms with van der Waals surface area (Å²) in [7, 11) is 0. The molecule has 0 unspecified atom stereocenters. The molecule has 0 heterocycles. The third-order valence-corrected chi connectivity index (χ3v) is 3.47. The Morgan fingerprint density at radius 1 is 1.14 bits per heavy atom. The standard InChI is InChI=1S/C18H22N2OS/c1-13-9-10-17(14(2)11-13)20-18(22)19-15(3)12-21-16-7-5-4-6-8-16/h4-11,15H,12H2,1-3H3,(H2,19,20,22)/t15-/m1/s1. The number of benzene rings is 2. The van der Waals surface area contributed by atoms with E-state index in [0.29, 0.717) is 11.7 Å². The van der Waals surface area contributed by atoms with E-state index in [9.17, 15) is 0 Å². The summed E-state index contributed by atoms with van der Waals surface area (Å²) in [5, 5.41) is 7.07. The predicted octanol–water partition coefficient (Wildman–Crippen LogP) is 4.06. The van der Waals surface area contributed by atoms with Crippen molar-refractivity contribution in [1.29, 1.82) is 0 Å². The number of hydrogen-bond donors (Lipinski definition) is 2. The number of hydrogen-bond acceptors (Lipinski definition) is 2. The monoisotopic (exact) mass is 314 g/mol. The molecule has 4 heteroatoms. The molecule has 0 aromatic heterocycles. The van der Waals surface area contributed by atoms with Crippen LogP contribution in [0, 0.1) is 13.8 Å². The molecule has 0 radical (unpaired) electrons. The van der Waals surface area contributed by atoms with Gasteiger partial charge in [0.05, 0.1) is 6.04 Å². The molecule has 2 rings (SSSR count). The number of rotatable bonds is 5. The minimum atomic E-state index is 0.117. The van der Waals surface area contributed by atoms with E-state index in [1.807, 2.05) is 43.3 Å². The minimum Gasteiger partial charge on any atom is -0.491 e. The van der Waals surface area contributed by atoms with Gasteiger partial charge in [-0.3, -0.25) is 0 Å². The third kappa shape index (κ3) is 5.04. The molecule has 3 nitrogen and oxygen atoms in total. The summed E-state index contributed by atoms with van der Waals surface area (Å²) in [6, 6.07) is 16.1. The summed E-state index contributed by atoms with van der Waals surface area (Å²) in [6.07, 6.45) is 0. The lowest BCUT2D eigenvalue weighted by Gasteiger charge is -2.18. The van der Waals surface area contributed by atoms with Crippen molar-refractivity contribution in [3.63, 3.8) is 0 Å². The van der Waals surface area contributed by atoms with Gasteiger partial charge in [-0.25, -0.2) is 0 Å². The maximum absolute atomic E-state index is 5.71. The van der Waals surface area contributed by atoms with E-state index in [2.05, 4.69) is 36.6 Å². The molecule has 0 spiro atoms. The highest BCUT2D eigenvalue weighted by Crippen LogP contribution is 2.15. The average molecular weight is 314 g/mol. The second-order valence-electron chi connectivity index (χ2n) is 5.44. The van der Waals surface area contributed by atoms with Crippen LogP contribution in [0.25, 0.3) is 0 Å². The van der Waals surface area contributed by atoms with Gasteiger partial charge in [-0.15, -0.1) is 0 Å². The van der Waals surface area contributed by atoms with Crippen LogP contribution in [0.2, 0.25) is 0 Å². The van der Waals surface area contributed by atoms with Crippen LogP contribution < -0.4 is 15.4 Å². The Kier molecular flexibility index (Phi) is 5.78. The number of nitrogens with one attached hydrogen (secondary N) is 2. The van der Waals surface area contributed by atoms with Gasteiger partial charge in [0.25, 0.3) is 0 Å². The molecule has 2 N–H and O–H groups in total. The van der Waals surface area contributed by atoms with Crippen LogP contribution in [0.5, 0.6) is 5.75 Å². The Morgan fingerprint density at radius 2 is 1.86 bits per heavy atom. The predicted molar refractivity (Wildman–Crippen MR) is 96.7 cm³/mol. The largest absolute Gasteiger partial charge is 0.491 e. The number of thiocarbonyl (C=S) groups is 1. The molecule has 1 atom stereocenters. The van der Waals surface area contributed by atoms with Crippen molar-refractivity contribution in [2.45, 2.75) is 26.8 Å². The maximum Gasteiger partial charge on any atom is 0.171 e. The lowest BCUT2D eigenvalue weighted by Crippen LogP contribution is -2.39. The Morgan fingerprint density at radius 3 is 2.55 bits per heavy atom. The SMILES string of the molecule is Cc1ccc(NC(=S)N[C@H](C)COc2ccccc2)c(C)c1. The minimum absolute atomic E-state index is 0.117. The van der Waals surface area contributed by atoms with Crippen LogP contribution in [-0.4, -0.2) is 17.8 Å². The zero-order chi connectivity index (χ0) is 15.9. The highest BCUT2D eigenvalue weighted by atomic mass is 32.1. The molecule has 0 aliphatic heterocycles. The van der Waals surface area contributed by atoms with Crippen molar-refractivity contribution < 1.29 is 4.74 Å². The van der Waals surface area contributed by atoms with Crippen molar-refractivity contribution in [1.82, 2.24) is 5.32 Å². The lowest BCUT2D eigenvalue weighted by atomic mass is 10.1. The zero-order valence-corrected chi connectivity index (χ0v) is 14.0. The summed E-state index contributed by atoms with van der Waals surface area (Å²) in [4.78, 5) is 0. The Labute approximate surface area is 137 Å². The summed E-state index contributed by atoms with van der Waals surface area (Å²) in [5.74, 6) is 0.865. The van der Waals surface area contributed by atoms with Gasteiger partial charge in [0.2, 0.25) is 0 Å². The van der Waals surface area contributed by atoms with Crippen LogP contribution in [-0.2, 0) is 0 Å². The van der Waals surface area contributed by atoms with Gasteiger partial charge in [0.15, 0.2) is 5.11 Å². The van der Waals surface area contributed by atoms with Gasteiger partial charge in [0, 0.05) is 5.69 Å². The van der Waals surface area contributed by atoms with Gasteiger partial charge in [-0.1, -0.05) is 35.9 Å². The fraction of sp³-hybridized carbons (Fsp3) is 0.278. The van der Waals surface area contributed by atoms with Crippen LogP contribution >= 0.6 is 12.2 Å². The fourth-order valence-electron chi connectivity index (χ4n) is 2.12. The summed E-state index contributed by atoms with van der Waals surface area (Å²) in [5.41, 5.74) is 3.45. The molecule has 116 valence electrons. The van der Waals surface area contributed by atoms with Gasteiger partial charge >= 0.3 is 0 Å². The van der Waals surface area contributed by atoms with Crippen LogP contribution in [0.4, 0.5) is 5.69 Å². The number of para-hydroxylation sites is 1. The molecule has 0 aliphatic carbocycles. The van der Waals surface area contributed by atoms with Crippen LogP contribution in [0.3, 0.4) is 0 Å². The molecule has 0 aliphatic rings. The van der Waals surface area contributed by atoms with Crippen molar-refractivity contribution >= 4 is 23.0 Å². The van der Waals surface area contributed by atoms with E-state index >= 15 is 0 Å². The average Bonchev–Trinajstić information content (AvgIpc) is 2.49. The first-order chi connectivity index (χ1) is 10.5. The van der Waals surface area contributed by atoms with Gasteiger partial charge < -0.3 is 15.4 Å². The van der Waals surface area contributed by atoms with E-state index in [1.54, 1.807) is 0 Å². The van der Waals surface area contributed by atoms with Gasteiger partial charge in [-0.2, -0.15) is 0 Å². The van der Waals surface area contributed by atoms with Crippen molar-refractivity contribution in [2.75, 3.05) is 11.9 Å². The van der Waals surface area contributed by atoms with Crippen LogP contribution in [0.15, 0.2) is 48.5 Å². The number of aryl methyl sites for hydroxylation is 2. The second kappa shape index (κ2) is 7.80. The van der Waals surface area contributed by atoms with E-state index < -0.39 is 0 Å². The molecule has 2 aromatic rings. The molecule has 0 amide bonds. The summed E-state index contributed by atoms with van der Waals surface area (Å²) in [6.45, 7) is 6.74. The highest BCUT2D eigenvalue weighted by molar-refractivity contribution is 7.80. The fourth-order valence-corrected chi connectivity index (χ4v) is 2.43. The lowest BCUT2D eigenvalue weighted by molar-refractivity contribution is 0.287. The molecule has 0 saturated carbocycles. The zero-order valence-electron chi connectivity index (χ0n) is 13.2. The molecule has 2 aromatic carbocycles. The van der Waals surface area contributed by atoms with E-state index in [-0.39, 0.29) is 6.04 Å². The Balaban J connectivity index is 1.81. The first-order valence-corrected chi connectivity index (χ1v) is 7.78. The summed E-state index contributed by atoms with van der Waals surface area (Å²) < 4.78 is 5.71. The number of ether oxygens (including phenoxy) is 1. The van der Waals surface area contributed by atoms with Crippen LogP contribution in [0.1, 0.15) is 18.1 Å². The topological polar surface area (TPSA) is 33.3 Å². The quantitative estimate of drug-likeness (QED) is 0.816. The van der Waals surface area contributed by atoms with E-state index in [0.717, 1.165) is 11.4 Å². The Hall–Kier alpha value is -2.07. The molecule has 22 heavy (non-hydrogen) atoms. The number of anilines is 1. The Bertz CT molecular complexity index is 628. The molecular weight excluding hydrogens is 292 g/mol. The first-order valence-electron chi connectivity index (χ1n) is 7.37. The smallest absolute Gasteiger partial charge is 0.171 e. The summed E-state index contributed by atoms with van der Waals surface area (Å²) >= 11 is 5.36. The molecule has 0 saturated heterocycles. The normalized spacial score (nSPS) is 11.6. The molecular formula is C18H22N2OS. The first kappa shape index (κ1) is 16.3. The molecule has 0 fully saturated rings. The molecule has 0 bridgehead atoms. The highest BCUT2D eigenvalue weighted by Gasteiger charge is 2.06. The van der Waals surface area contributed by atoms with Crippen molar-refractivity contribution in [3.05, 3.63) is 59.7 Å².